The molecule has 0 N–H and O–H groups in total. The van der Waals surface area contributed by atoms with Gasteiger partial charge >= 0.3 is 0 Å². The van der Waals surface area contributed by atoms with Gasteiger partial charge in [0.15, 0.2) is 0 Å². The molecule has 0 saturated heterocycles. The van der Waals surface area contributed by atoms with Gasteiger partial charge in [-0.2, -0.15) is 0 Å². The fourth-order valence-electron chi connectivity index (χ4n) is 5.11. The summed E-state index contributed by atoms with van der Waals surface area (Å²) in [6, 6.07) is 23.8. The van der Waals surface area contributed by atoms with Crippen LogP contribution in [0.4, 0.5) is 0 Å². The van der Waals surface area contributed by atoms with Crippen molar-refractivity contribution in [1.82, 2.24) is 4.98 Å². The largest absolute Gasteiger partial charge is 0.456 e. The van der Waals surface area contributed by atoms with E-state index in [1.54, 1.807) is 0 Å². The fourth-order valence-corrected chi connectivity index (χ4v) is 5.11. The summed E-state index contributed by atoms with van der Waals surface area (Å²) in [5.74, 6) is 0.834. The zero-order chi connectivity index (χ0) is 19.9. The molecule has 3 aromatic carbocycles. The van der Waals surface area contributed by atoms with Gasteiger partial charge in [-0.05, 0) is 65.1 Å². The molecule has 148 valence electrons. The van der Waals surface area contributed by atoms with Crippen LogP contribution in [0.5, 0.6) is 0 Å². The van der Waals surface area contributed by atoms with Gasteiger partial charge in [-0.15, -0.1) is 0 Å². The van der Waals surface area contributed by atoms with E-state index in [1.165, 1.54) is 60.2 Å². The average molecular weight is 392 g/mol. The molecule has 2 heteroatoms. The van der Waals surface area contributed by atoms with Crippen molar-refractivity contribution in [3.8, 4) is 11.3 Å². The van der Waals surface area contributed by atoms with Gasteiger partial charge in [0.25, 0.3) is 0 Å². The Hall–Kier alpha value is -3.13. The van der Waals surface area contributed by atoms with Crippen LogP contribution in [0.2, 0.25) is 0 Å². The molecule has 2 nitrogen and oxygen atoms in total. The van der Waals surface area contributed by atoms with Crippen LogP contribution < -0.4 is 0 Å². The molecule has 6 rings (SSSR count). The van der Waals surface area contributed by atoms with E-state index in [9.17, 15) is 0 Å². The number of benzene rings is 3. The molecule has 5 aromatic rings. The summed E-state index contributed by atoms with van der Waals surface area (Å²) in [4.78, 5) is 4.67. The fraction of sp³-hybridized carbons (Fsp3) is 0.250. The summed E-state index contributed by atoms with van der Waals surface area (Å²) in [5.41, 5.74) is 5.44. The summed E-state index contributed by atoms with van der Waals surface area (Å²) in [6.07, 6.45) is 10.1. The van der Waals surface area contributed by atoms with Crippen molar-refractivity contribution in [2.45, 2.75) is 38.5 Å². The van der Waals surface area contributed by atoms with E-state index in [-0.39, 0.29) is 0 Å². The van der Waals surface area contributed by atoms with Crippen molar-refractivity contribution in [2.75, 3.05) is 0 Å². The Balaban J connectivity index is 1.38. The Labute approximate surface area is 176 Å². The van der Waals surface area contributed by atoms with Crippen molar-refractivity contribution in [2.24, 2.45) is 5.92 Å². The summed E-state index contributed by atoms with van der Waals surface area (Å²) < 4.78 is 6.25. The molecule has 1 aliphatic carbocycles. The molecule has 1 saturated carbocycles. The monoisotopic (exact) mass is 391 g/mol. The van der Waals surface area contributed by atoms with Crippen LogP contribution in [0, 0.1) is 5.92 Å². The molecule has 30 heavy (non-hydrogen) atoms. The predicted molar refractivity (Wildman–Crippen MR) is 125 cm³/mol. The lowest BCUT2D eigenvalue weighted by Gasteiger charge is -2.21. The lowest BCUT2D eigenvalue weighted by molar-refractivity contribution is 0.356. The molecular weight excluding hydrogens is 366 g/mol. The molecule has 2 heterocycles. The molecule has 2 aromatic heterocycles. The van der Waals surface area contributed by atoms with Gasteiger partial charge in [0.1, 0.15) is 11.2 Å². The average Bonchev–Trinajstić information content (AvgIpc) is 3.15. The number of fused-ring (bicyclic) bond motifs is 4. The molecule has 0 radical (unpaired) electrons. The standard InChI is InChI=1S/C28H25NO/c1-2-6-19(7-3-1)14-20-12-13-29-26(15-20)23-10-11-24-25-16-21-8-4-5-9-22(21)17-28(25)30-27(24)18-23/h4-5,8-13,15-19H,1-3,6-7,14H2. The number of furan rings is 1. The number of aromatic nitrogens is 1. The van der Waals surface area contributed by atoms with Crippen LogP contribution in [0.15, 0.2) is 77.3 Å². The first kappa shape index (κ1) is 17.7. The van der Waals surface area contributed by atoms with Crippen LogP contribution in [0.3, 0.4) is 0 Å². The Morgan fingerprint density at radius 2 is 1.57 bits per heavy atom. The predicted octanol–water partition coefficient (Wildman–Crippen LogP) is 7.92. The number of rotatable bonds is 3. The van der Waals surface area contributed by atoms with Gasteiger partial charge in [-0.1, -0.05) is 62.4 Å². The molecule has 0 spiro atoms. The molecular formula is C28H25NO. The summed E-state index contributed by atoms with van der Waals surface area (Å²) >= 11 is 0. The van der Waals surface area contributed by atoms with E-state index < -0.39 is 0 Å². The second-order valence-electron chi connectivity index (χ2n) is 8.77. The number of hydrogen-bond donors (Lipinski definition) is 0. The molecule has 1 aliphatic rings. The minimum Gasteiger partial charge on any atom is -0.456 e. The van der Waals surface area contributed by atoms with Crippen molar-refractivity contribution < 1.29 is 4.42 Å². The molecule has 0 aliphatic heterocycles. The number of nitrogens with zero attached hydrogens (tertiary/aromatic N) is 1. The van der Waals surface area contributed by atoms with Gasteiger partial charge in [-0.3, -0.25) is 4.98 Å². The minimum absolute atomic E-state index is 0.834. The second kappa shape index (κ2) is 7.28. The smallest absolute Gasteiger partial charge is 0.136 e. The van der Waals surface area contributed by atoms with Crippen LogP contribution >= 0.6 is 0 Å². The third-order valence-electron chi connectivity index (χ3n) is 6.71. The summed E-state index contributed by atoms with van der Waals surface area (Å²) in [5, 5.41) is 4.79. The maximum absolute atomic E-state index is 6.25. The first-order valence-corrected chi connectivity index (χ1v) is 11.1. The molecule has 0 unspecified atom stereocenters. The van der Waals surface area contributed by atoms with Crippen molar-refractivity contribution >= 4 is 32.7 Å². The van der Waals surface area contributed by atoms with Crippen LogP contribution in [-0.2, 0) is 6.42 Å². The first-order chi connectivity index (χ1) is 14.8. The number of pyridine rings is 1. The van der Waals surface area contributed by atoms with Crippen molar-refractivity contribution in [3.05, 3.63) is 78.5 Å². The lowest BCUT2D eigenvalue weighted by Crippen LogP contribution is -2.09. The summed E-state index contributed by atoms with van der Waals surface area (Å²) in [6.45, 7) is 0. The SMILES string of the molecule is c1ccc2cc3c(cc2c1)oc1cc(-c2cc(CC4CCCCC4)ccn2)ccc13. The number of hydrogen-bond acceptors (Lipinski definition) is 2. The van der Waals surface area contributed by atoms with Gasteiger partial charge in [0.2, 0.25) is 0 Å². The van der Waals surface area contributed by atoms with Gasteiger partial charge in [0.05, 0.1) is 5.69 Å². The van der Waals surface area contributed by atoms with E-state index in [1.807, 2.05) is 6.20 Å². The van der Waals surface area contributed by atoms with Crippen LogP contribution in [0.1, 0.15) is 37.7 Å². The molecule has 0 atom stereocenters. The van der Waals surface area contributed by atoms with E-state index in [0.29, 0.717) is 0 Å². The van der Waals surface area contributed by atoms with Gasteiger partial charge in [0, 0.05) is 22.5 Å². The van der Waals surface area contributed by atoms with E-state index in [2.05, 4.69) is 71.7 Å². The van der Waals surface area contributed by atoms with Crippen LogP contribution in [0.25, 0.3) is 44.0 Å². The molecule has 0 bridgehead atoms. The highest BCUT2D eigenvalue weighted by molar-refractivity contribution is 6.10. The quantitative estimate of drug-likeness (QED) is 0.312. The maximum atomic E-state index is 6.25. The lowest BCUT2D eigenvalue weighted by atomic mass is 9.85. The maximum Gasteiger partial charge on any atom is 0.136 e. The first-order valence-electron chi connectivity index (χ1n) is 11.1. The van der Waals surface area contributed by atoms with E-state index in [4.69, 9.17) is 4.42 Å². The zero-order valence-corrected chi connectivity index (χ0v) is 17.1. The normalized spacial score (nSPS) is 15.3. The summed E-state index contributed by atoms with van der Waals surface area (Å²) in [7, 11) is 0. The van der Waals surface area contributed by atoms with Gasteiger partial charge in [-0.25, -0.2) is 0 Å². The Morgan fingerprint density at radius 3 is 2.43 bits per heavy atom. The Bertz CT molecular complexity index is 1360. The minimum atomic E-state index is 0.834. The Kier molecular flexibility index (Phi) is 4.30. The third-order valence-corrected chi connectivity index (χ3v) is 6.71. The zero-order valence-electron chi connectivity index (χ0n) is 17.1. The van der Waals surface area contributed by atoms with Gasteiger partial charge < -0.3 is 4.42 Å². The highest BCUT2D eigenvalue weighted by Gasteiger charge is 2.15. The van der Waals surface area contributed by atoms with Crippen molar-refractivity contribution in [3.63, 3.8) is 0 Å². The molecule has 0 amide bonds. The highest BCUT2D eigenvalue weighted by Crippen LogP contribution is 2.34. The Morgan fingerprint density at radius 1 is 0.767 bits per heavy atom. The van der Waals surface area contributed by atoms with E-state index >= 15 is 0 Å². The van der Waals surface area contributed by atoms with Crippen LogP contribution in [-0.4, -0.2) is 4.98 Å². The highest BCUT2D eigenvalue weighted by atomic mass is 16.3. The topological polar surface area (TPSA) is 26.0 Å². The molecule has 1 fully saturated rings. The third kappa shape index (κ3) is 3.17. The second-order valence-corrected chi connectivity index (χ2v) is 8.77. The van der Waals surface area contributed by atoms with E-state index in [0.717, 1.165) is 33.7 Å². The van der Waals surface area contributed by atoms with Crippen molar-refractivity contribution in [1.29, 1.82) is 0 Å².